The maximum absolute atomic E-state index is 6.49. The summed E-state index contributed by atoms with van der Waals surface area (Å²) in [5, 5.41) is 1.08. The highest BCUT2D eigenvalue weighted by Gasteiger charge is 2.12. The standard InChI is InChI=1S/C20H20Cl2N2O2/c21-17-9-7-15(8-10-18-23-11-12-24-18)19(22)20(17)26-14-4-13-25-16-5-2-1-3-6-16/h1-3,5-7,9,11-12H,4,8,10,13-14H2,(H,23,24). The normalized spacial score (nSPS) is 10.7. The van der Waals surface area contributed by atoms with E-state index in [-0.39, 0.29) is 0 Å². The van der Waals surface area contributed by atoms with Crippen molar-refractivity contribution in [2.24, 2.45) is 0 Å². The second kappa shape index (κ2) is 9.51. The topological polar surface area (TPSA) is 47.1 Å². The lowest BCUT2D eigenvalue weighted by atomic mass is 10.1. The van der Waals surface area contributed by atoms with Gasteiger partial charge < -0.3 is 14.5 Å². The van der Waals surface area contributed by atoms with Crippen molar-refractivity contribution in [1.29, 1.82) is 0 Å². The third-order valence-electron chi connectivity index (χ3n) is 3.86. The highest BCUT2D eigenvalue weighted by atomic mass is 35.5. The van der Waals surface area contributed by atoms with Gasteiger partial charge in [-0.1, -0.05) is 47.5 Å². The fourth-order valence-corrected chi connectivity index (χ4v) is 3.10. The number of hydrogen-bond acceptors (Lipinski definition) is 3. The molecule has 0 radical (unpaired) electrons. The number of halogens is 2. The van der Waals surface area contributed by atoms with Gasteiger partial charge in [0.05, 0.1) is 23.3 Å². The predicted molar refractivity (Wildman–Crippen MR) is 105 cm³/mol. The van der Waals surface area contributed by atoms with E-state index >= 15 is 0 Å². The molecule has 2 aromatic carbocycles. The summed E-state index contributed by atoms with van der Waals surface area (Å²) >= 11 is 12.7. The van der Waals surface area contributed by atoms with E-state index in [0.29, 0.717) is 29.0 Å². The average molecular weight is 391 g/mol. The van der Waals surface area contributed by atoms with Crippen molar-refractivity contribution in [2.45, 2.75) is 19.3 Å². The zero-order valence-electron chi connectivity index (χ0n) is 14.3. The Bertz CT molecular complexity index is 808. The van der Waals surface area contributed by atoms with Crippen molar-refractivity contribution < 1.29 is 9.47 Å². The first-order valence-corrected chi connectivity index (χ1v) is 9.25. The number of ether oxygens (including phenoxy) is 2. The molecular formula is C20H20Cl2N2O2. The molecule has 0 unspecified atom stereocenters. The number of nitrogens with one attached hydrogen (secondary N) is 1. The number of H-pyrrole nitrogens is 1. The van der Waals surface area contributed by atoms with Gasteiger partial charge in [0.25, 0.3) is 0 Å². The van der Waals surface area contributed by atoms with Crippen LogP contribution in [0.2, 0.25) is 10.0 Å². The lowest BCUT2D eigenvalue weighted by molar-refractivity contribution is 0.247. The number of rotatable bonds is 9. The molecule has 136 valence electrons. The maximum atomic E-state index is 6.49. The van der Waals surface area contributed by atoms with Gasteiger partial charge in [-0.3, -0.25) is 0 Å². The quantitative estimate of drug-likeness (QED) is 0.500. The van der Waals surface area contributed by atoms with Crippen LogP contribution in [0.5, 0.6) is 11.5 Å². The van der Waals surface area contributed by atoms with Crippen LogP contribution in [0.25, 0.3) is 0 Å². The molecule has 26 heavy (non-hydrogen) atoms. The molecule has 3 aromatic rings. The van der Waals surface area contributed by atoms with E-state index in [4.69, 9.17) is 32.7 Å². The van der Waals surface area contributed by atoms with E-state index in [2.05, 4.69) is 9.97 Å². The van der Waals surface area contributed by atoms with Crippen LogP contribution < -0.4 is 9.47 Å². The molecule has 4 nitrogen and oxygen atoms in total. The molecule has 0 atom stereocenters. The molecule has 0 aliphatic heterocycles. The Kier molecular flexibility index (Phi) is 6.81. The highest BCUT2D eigenvalue weighted by molar-refractivity contribution is 6.37. The van der Waals surface area contributed by atoms with Gasteiger partial charge in [0.1, 0.15) is 11.6 Å². The van der Waals surface area contributed by atoms with Crippen molar-refractivity contribution in [1.82, 2.24) is 9.97 Å². The number of aromatic amines is 1. The highest BCUT2D eigenvalue weighted by Crippen LogP contribution is 2.36. The first-order valence-electron chi connectivity index (χ1n) is 8.50. The van der Waals surface area contributed by atoms with Crippen LogP contribution >= 0.6 is 23.2 Å². The van der Waals surface area contributed by atoms with E-state index in [9.17, 15) is 0 Å². The summed E-state index contributed by atoms with van der Waals surface area (Å²) in [6.45, 7) is 1.05. The van der Waals surface area contributed by atoms with Crippen LogP contribution in [-0.4, -0.2) is 23.2 Å². The Morgan fingerprint density at radius 3 is 2.50 bits per heavy atom. The van der Waals surface area contributed by atoms with Crippen LogP contribution in [0.15, 0.2) is 54.9 Å². The van der Waals surface area contributed by atoms with Crippen LogP contribution in [0.3, 0.4) is 0 Å². The summed E-state index contributed by atoms with van der Waals surface area (Å²) < 4.78 is 11.5. The summed E-state index contributed by atoms with van der Waals surface area (Å²) in [5.41, 5.74) is 0.989. The van der Waals surface area contributed by atoms with Gasteiger partial charge in [-0.2, -0.15) is 0 Å². The molecule has 1 N–H and O–H groups in total. The minimum absolute atomic E-state index is 0.480. The SMILES string of the molecule is Clc1ccc(CCc2ncc[nH]2)c(Cl)c1OCCCOc1ccccc1. The van der Waals surface area contributed by atoms with E-state index < -0.39 is 0 Å². The second-order valence-corrected chi connectivity index (χ2v) is 6.53. The number of benzene rings is 2. The van der Waals surface area contributed by atoms with Crippen molar-refractivity contribution in [3.8, 4) is 11.5 Å². The molecule has 0 saturated heterocycles. The Balaban J connectivity index is 1.51. The summed E-state index contributed by atoms with van der Waals surface area (Å²) in [4.78, 5) is 7.32. The van der Waals surface area contributed by atoms with Gasteiger partial charge in [0.15, 0.2) is 5.75 Å². The van der Waals surface area contributed by atoms with Gasteiger partial charge in [-0.05, 0) is 30.2 Å². The molecule has 1 aromatic heterocycles. The number of nitrogens with zero attached hydrogens (tertiary/aromatic N) is 1. The summed E-state index contributed by atoms with van der Waals surface area (Å²) in [6, 6.07) is 13.5. The van der Waals surface area contributed by atoms with Crippen LogP contribution in [-0.2, 0) is 12.8 Å². The molecule has 0 fully saturated rings. The lowest BCUT2D eigenvalue weighted by Crippen LogP contribution is -2.06. The van der Waals surface area contributed by atoms with E-state index in [0.717, 1.165) is 36.4 Å². The lowest BCUT2D eigenvalue weighted by Gasteiger charge is -2.13. The van der Waals surface area contributed by atoms with Crippen LogP contribution in [0, 0.1) is 0 Å². The molecule has 3 rings (SSSR count). The molecule has 0 amide bonds. The smallest absolute Gasteiger partial charge is 0.156 e. The van der Waals surface area contributed by atoms with E-state index in [1.165, 1.54) is 0 Å². The number of aromatic nitrogens is 2. The average Bonchev–Trinajstić information content (AvgIpc) is 3.18. The number of imidazole rings is 1. The van der Waals surface area contributed by atoms with Gasteiger partial charge in [0.2, 0.25) is 0 Å². The Labute approximate surface area is 163 Å². The number of aryl methyl sites for hydroxylation is 2. The van der Waals surface area contributed by atoms with Gasteiger partial charge in [-0.15, -0.1) is 0 Å². The van der Waals surface area contributed by atoms with Crippen molar-refractivity contribution in [2.75, 3.05) is 13.2 Å². The summed E-state index contributed by atoms with van der Waals surface area (Å²) in [5.74, 6) is 2.31. The minimum atomic E-state index is 0.480. The largest absolute Gasteiger partial charge is 0.493 e. The van der Waals surface area contributed by atoms with Crippen molar-refractivity contribution >= 4 is 23.2 Å². The van der Waals surface area contributed by atoms with E-state index in [1.54, 1.807) is 6.20 Å². The monoisotopic (exact) mass is 390 g/mol. The number of hydrogen-bond donors (Lipinski definition) is 1. The van der Waals surface area contributed by atoms with Gasteiger partial charge in [0, 0.05) is 25.2 Å². The first kappa shape index (κ1) is 18.6. The predicted octanol–water partition coefficient (Wildman–Crippen LogP) is 5.35. The number of para-hydroxylation sites is 1. The third-order valence-corrected chi connectivity index (χ3v) is 4.57. The Hall–Kier alpha value is -2.17. The van der Waals surface area contributed by atoms with Crippen LogP contribution in [0.1, 0.15) is 17.8 Å². The van der Waals surface area contributed by atoms with Crippen molar-refractivity contribution in [3.05, 3.63) is 76.3 Å². The molecule has 0 aliphatic carbocycles. The van der Waals surface area contributed by atoms with Gasteiger partial charge in [-0.25, -0.2) is 4.98 Å². The van der Waals surface area contributed by atoms with Crippen LogP contribution in [0.4, 0.5) is 0 Å². The fourth-order valence-electron chi connectivity index (χ4n) is 2.53. The molecule has 0 bridgehead atoms. The zero-order valence-corrected chi connectivity index (χ0v) is 15.8. The molecule has 6 heteroatoms. The summed E-state index contributed by atoms with van der Waals surface area (Å²) in [6.07, 6.45) is 5.82. The molecule has 1 heterocycles. The molecule has 0 spiro atoms. The second-order valence-electron chi connectivity index (χ2n) is 5.75. The Morgan fingerprint density at radius 1 is 0.923 bits per heavy atom. The zero-order chi connectivity index (χ0) is 18.2. The summed E-state index contributed by atoms with van der Waals surface area (Å²) in [7, 11) is 0. The fraction of sp³-hybridized carbons (Fsp3) is 0.250. The van der Waals surface area contributed by atoms with Crippen molar-refractivity contribution in [3.63, 3.8) is 0 Å². The van der Waals surface area contributed by atoms with Gasteiger partial charge >= 0.3 is 0 Å². The first-order chi connectivity index (χ1) is 12.7. The third kappa shape index (κ3) is 5.16. The molecular weight excluding hydrogens is 371 g/mol. The minimum Gasteiger partial charge on any atom is -0.493 e. The van der Waals surface area contributed by atoms with E-state index in [1.807, 2.05) is 48.7 Å². The Morgan fingerprint density at radius 2 is 1.73 bits per heavy atom. The maximum Gasteiger partial charge on any atom is 0.156 e. The molecule has 0 saturated carbocycles. The molecule has 0 aliphatic rings.